The number of hydrogen-bond acceptors (Lipinski definition) is 2. The topological polar surface area (TPSA) is 46.3 Å². The molecule has 1 amide bonds. The van der Waals surface area contributed by atoms with Gasteiger partial charge in [-0.25, -0.2) is 0 Å². The lowest BCUT2D eigenvalue weighted by atomic mass is 9.80. The molecule has 3 nitrogen and oxygen atoms in total. The molecule has 0 saturated carbocycles. The molecule has 0 aliphatic carbocycles. The molecule has 23 heavy (non-hydrogen) atoms. The van der Waals surface area contributed by atoms with E-state index in [0.29, 0.717) is 0 Å². The van der Waals surface area contributed by atoms with Crippen molar-refractivity contribution in [3.05, 3.63) is 35.9 Å². The highest BCUT2D eigenvalue weighted by molar-refractivity contribution is 6.34. The minimum absolute atomic E-state index is 0.278. The van der Waals surface area contributed by atoms with Gasteiger partial charge in [0.1, 0.15) is 13.9 Å². The standard InChI is InChI=1S/C19H31BN2O/c1-12-9-10-15(20)14(11-12)13(2)22(19(6,7)8)16(17(21)23)18(3,4)5/h9-11,16H,2,20H2,1,3-8H3,(H2,21,23)/t16-/m0/s1. The van der Waals surface area contributed by atoms with E-state index in [1.54, 1.807) is 0 Å². The normalized spacial score (nSPS) is 13.5. The van der Waals surface area contributed by atoms with Crippen molar-refractivity contribution in [1.82, 2.24) is 4.90 Å². The maximum Gasteiger partial charge on any atom is 0.240 e. The molecular weight excluding hydrogens is 283 g/mol. The summed E-state index contributed by atoms with van der Waals surface area (Å²) in [6.07, 6.45) is 0. The SMILES string of the molecule is Bc1ccc(C)cc1C(=C)N([C@@H](C(N)=O)C(C)(C)C)C(C)(C)C. The molecule has 0 saturated heterocycles. The van der Waals surface area contributed by atoms with E-state index in [0.717, 1.165) is 16.7 Å². The van der Waals surface area contributed by atoms with Crippen LogP contribution in [0, 0.1) is 12.3 Å². The van der Waals surface area contributed by atoms with Crippen molar-refractivity contribution in [1.29, 1.82) is 0 Å². The van der Waals surface area contributed by atoms with Gasteiger partial charge in [-0.05, 0) is 38.7 Å². The molecule has 126 valence electrons. The summed E-state index contributed by atoms with van der Waals surface area (Å²) in [6, 6.07) is 5.86. The fourth-order valence-electron chi connectivity index (χ4n) is 3.07. The fraction of sp³-hybridized carbons (Fsp3) is 0.526. The summed E-state index contributed by atoms with van der Waals surface area (Å²) in [5.41, 5.74) is 9.44. The van der Waals surface area contributed by atoms with Gasteiger partial charge in [-0.3, -0.25) is 4.79 Å². The maximum atomic E-state index is 12.3. The van der Waals surface area contributed by atoms with E-state index in [2.05, 4.69) is 65.2 Å². The average molecular weight is 314 g/mol. The van der Waals surface area contributed by atoms with Crippen molar-refractivity contribution in [2.75, 3.05) is 0 Å². The zero-order chi connectivity index (χ0) is 18.2. The van der Waals surface area contributed by atoms with Gasteiger partial charge in [0.05, 0.1) is 0 Å². The largest absolute Gasteiger partial charge is 0.368 e. The molecule has 1 aromatic rings. The van der Waals surface area contributed by atoms with Gasteiger partial charge in [0, 0.05) is 11.2 Å². The summed E-state index contributed by atoms with van der Waals surface area (Å²) < 4.78 is 0. The molecule has 1 atom stereocenters. The number of carbonyl (C=O) groups is 1. The maximum absolute atomic E-state index is 12.3. The predicted octanol–water partition coefficient (Wildman–Crippen LogP) is 2.22. The minimum Gasteiger partial charge on any atom is -0.368 e. The molecule has 0 fully saturated rings. The van der Waals surface area contributed by atoms with E-state index in [4.69, 9.17) is 5.73 Å². The van der Waals surface area contributed by atoms with Crippen molar-refractivity contribution in [2.45, 2.75) is 60.0 Å². The Bertz CT molecular complexity index is 609. The summed E-state index contributed by atoms with van der Waals surface area (Å²) in [5.74, 6) is -0.320. The Morgan fingerprint density at radius 1 is 1.22 bits per heavy atom. The summed E-state index contributed by atoms with van der Waals surface area (Å²) in [7, 11) is 2.07. The van der Waals surface area contributed by atoms with Crippen LogP contribution in [0.1, 0.15) is 52.7 Å². The first kappa shape index (κ1) is 19.3. The number of hydrogen-bond donors (Lipinski definition) is 1. The van der Waals surface area contributed by atoms with Crippen molar-refractivity contribution in [3.8, 4) is 0 Å². The highest BCUT2D eigenvalue weighted by Gasteiger charge is 2.41. The van der Waals surface area contributed by atoms with Crippen molar-refractivity contribution < 1.29 is 4.79 Å². The van der Waals surface area contributed by atoms with Crippen molar-refractivity contribution >= 4 is 24.9 Å². The molecule has 1 rings (SSSR count). The third-order valence-electron chi connectivity index (χ3n) is 4.07. The molecule has 0 heterocycles. The van der Waals surface area contributed by atoms with Crippen LogP contribution in [0.4, 0.5) is 0 Å². The molecular formula is C19H31BN2O. The van der Waals surface area contributed by atoms with Gasteiger partial charge in [-0.15, -0.1) is 0 Å². The molecule has 0 radical (unpaired) electrons. The highest BCUT2D eigenvalue weighted by Crippen LogP contribution is 2.35. The van der Waals surface area contributed by atoms with Crippen LogP contribution in [-0.2, 0) is 4.79 Å². The van der Waals surface area contributed by atoms with Gasteiger partial charge < -0.3 is 10.6 Å². The zero-order valence-electron chi connectivity index (χ0n) is 15.9. The quantitative estimate of drug-likeness (QED) is 0.866. The van der Waals surface area contributed by atoms with Crippen LogP contribution in [-0.4, -0.2) is 30.2 Å². The number of benzene rings is 1. The van der Waals surface area contributed by atoms with Crippen molar-refractivity contribution in [3.63, 3.8) is 0 Å². The van der Waals surface area contributed by atoms with Crippen LogP contribution in [0.3, 0.4) is 0 Å². The van der Waals surface area contributed by atoms with Gasteiger partial charge in [0.15, 0.2) is 0 Å². The van der Waals surface area contributed by atoms with Crippen LogP contribution in [0.25, 0.3) is 5.70 Å². The number of primary amides is 1. The summed E-state index contributed by atoms with van der Waals surface area (Å²) >= 11 is 0. The summed E-state index contributed by atoms with van der Waals surface area (Å²) in [4.78, 5) is 14.3. The van der Waals surface area contributed by atoms with E-state index < -0.39 is 6.04 Å². The average Bonchev–Trinajstić information content (AvgIpc) is 2.34. The predicted molar refractivity (Wildman–Crippen MR) is 102 cm³/mol. The molecule has 2 N–H and O–H groups in total. The third kappa shape index (κ3) is 4.40. The molecule has 0 bridgehead atoms. The summed E-state index contributed by atoms with van der Waals surface area (Å²) in [5, 5.41) is 0. The Hall–Kier alpha value is -1.71. The van der Waals surface area contributed by atoms with Crippen LogP contribution in [0.5, 0.6) is 0 Å². The first-order chi connectivity index (χ1) is 10.3. The second-order valence-corrected chi connectivity index (χ2v) is 8.48. The Morgan fingerprint density at radius 2 is 1.74 bits per heavy atom. The smallest absolute Gasteiger partial charge is 0.240 e. The lowest BCUT2D eigenvalue weighted by Gasteiger charge is -2.48. The second kappa shape index (κ2) is 6.42. The molecule has 0 unspecified atom stereocenters. The number of nitrogens with zero attached hydrogens (tertiary/aromatic N) is 1. The lowest BCUT2D eigenvalue weighted by Crippen LogP contribution is -2.57. The van der Waals surface area contributed by atoms with E-state index in [1.165, 1.54) is 5.56 Å². The van der Waals surface area contributed by atoms with Gasteiger partial charge in [-0.2, -0.15) is 0 Å². The van der Waals surface area contributed by atoms with Gasteiger partial charge in [-0.1, -0.05) is 56.6 Å². The molecule has 4 heteroatoms. The highest BCUT2D eigenvalue weighted by atomic mass is 16.1. The number of rotatable bonds is 4. The molecule has 0 aliphatic rings. The molecule has 0 aromatic heterocycles. The van der Waals surface area contributed by atoms with Gasteiger partial charge >= 0.3 is 0 Å². The van der Waals surface area contributed by atoms with E-state index in [1.807, 2.05) is 20.8 Å². The Labute approximate surface area is 142 Å². The number of carbonyl (C=O) groups excluding carboxylic acids is 1. The zero-order valence-corrected chi connectivity index (χ0v) is 15.9. The molecule has 1 aromatic carbocycles. The first-order valence-electron chi connectivity index (χ1n) is 8.12. The number of nitrogens with two attached hydrogens (primary N) is 1. The van der Waals surface area contributed by atoms with Crippen LogP contribution < -0.4 is 11.2 Å². The third-order valence-corrected chi connectivity index (χ3v) is 4.07. The Morgan fingerprint density at radius 3 is 2.13 bits per heavy atom. The fourth-order valence-corrected chi connectivity index (χ4v) is 3.07. The molecule has 0 aliphatic heterocycles. The summed E-state index contributed by atoms with van der Waals surface area (Å²) in [6.45, 7) is 18.8. The molecule has 0 spiro atoms. The lowest BCUT2D eigenvalue weighted by molar-refractivity contribution is -0.127. The second-order valence-electron chi connectivity index (χ2n) is 8.48. The number of aryl methyl sites for hydroxylation is 1. The first-order valence-corrected chi connectivity index (χ1v) is 8.12. The van der Waals surface area contributed by atoms with E-state index >= 15 is 0 Å². The van der Waals surface area contributed by atoms with Crippen molar-refractivity contribution in [2.24, 2.45) is 11.1 Å². The monoisotopic (exact) mass is 314 g/mol. The Kier molecular flexibility index (Phi) is 5.40. The van der Waals surface area contributed by atoms with E-state index in [-0.39, 0.29) is 16.9 Å². The van der Waals surface area contributed by atoms with Gasteiger partial charge in [0.25, 0.3) is 0 Å². The minimum atomic E-state index is -0.435. The van der Waals surface area contributed by atoms with Crippen LogP contribution >= 0.6 is 0 Å². The van der Waals surface area contributed by atoms with E-state index in [9.17, 15) is 4.79 Å². The van der Waals surface area contributed by atoms with Crippen LogP contribution in [0.2, 0.25) is 0 Å². The van der Waals surface area contributed by atoms with Crippen LogP contribution in [0.15, 0.2) is 24.8 Å². The number of amides is 1. The Balaban J connectivity index is 3.51. The van der Waals surface area contributed by atoms with Gasteiger partial charge in [0.2, 0.25) is 5.91 Å².